The fraction of sp³-hybridized carbons (Fsp3) is 0.0217. The number of aromatic nitrogens is 3. The van der Waals surface area contributed by atoms with Gasteiger partial charge in [0.15, 0.2) is 17.5 Å². The molecule has 1 aromatic heterocycles. The molecule has 8 aromatic rings. The summed E-state index contributed by atoms with van der Waals surface area (Å²) < 4.78 is 0. The molecule has 49 heavy (non-hydrogen) atoms. The van der Waals surface area contributed by atoms with E-state index in [0.717, 1.165) is 45.4 Å². The Morgan fingerprint density at radius 2 is 0.633 bits per heavy atom. The minimum atomic E-state index is 0.654. The van der Waals surface area contributed by atoms with Gasteiger partial charge in [0.2, 0.25) is 0 Å². The lowest BCUT2D eigenvalue weighted by Crippen LogP contribution is -2.02. The first-order valence-corrected chi connectivity index (χ1v) is 16.7. The van der Waals surface area contributed by atoms with Crippen molar-refractivity contribution >= 4 is 0 Å². The number of hydrogen-bond donors (Lipinski definition) is 0. The van der Waals surface area contributed by atoms with Crippen molar-refractivity contribution in [1.82, 2.24) is 15.0 Å². The molecule has 0 N–H and O–H groups in total. The predicted molar refractivity (Wildman–Crippen MR) is 201 cm³/mol. The summed E-state index contributed by atoms with van der Waals surface area (Å²) in [6.07, 6.45) is 0.815. The Morgan fingerprint density at radius 1 is 0.265 bits per heavy atom. The summed E-state index contributed by atoms with van der Waals surface area (Å²) in [6.45, 7) is 0. The molecular weight excluding hydrogens is 595 g/mol. The van der Waals surface area contributed by atoms with Gasteiger partial charge in [-0.2, -0.15) is 0 Å². The molecule has 9 rings (SSSR count). The maximum absolute atomic E-state index is 5.21. The smallest absolute Gasteiger partial charge is 0.164 e. The van der Waals surface area contributed by atoms with Crippen LogP contribution in [0.2, 0.25) is 0 Å². The van der Waals surface area contributed by atoms with Crippen LogP contribution in [0.25, 0.3) is 78.7 Å². The van der Waals surface area contributed by atoms with E-state index in [1.807, 2.05) is 12.1 Å². The Labute approximate surface area is 286 Å². The van der Waals surface area contributed by atoms with Crippen molar-refractivity contribution in [3.63, 3.8) is 0 Å². The molecule has 1 aliphatic rings. The Kier molecular flexibility index (Phi) is 7.21. The molecule has 1 aliphatic carbocycles. The third kappa shape index (κ3) is 5.42. The van der Waals surface area contributed by atoms with Gasteiger partial charge in [-0.3, -0.25) is 0 Å². The zero-order chi connectivity index (χ0) is 32.6. The summed E-state index contributed by atoms with van der Waals surface area (Å²) in [5.41, 5.74) is 15.1. The average Bonchev–Trinajstić information content (AvgIpc) is 3.58. The predicted octanol–water partition coefficient (Wildman–Crippen LogP) is 11.4. The number of hydrogen-bond acceptors (Lipinski definition) is 3. The molecule has 0 spiro atoms. The molecule has 1 heterocycles. The minimum absolute atomic E-state index is 0.654. The van der Waals surface area contributed by atoms with Crippen molar-refractivity contribution in [3.05, 3.63) is 187 Å². The van der Waals surface area contributed by atoms with Gasteiger partial charge in [-0.05, 0) is 67.8 Å². The SMILES string of the molecule is c1ccc(-c2cccc(-c3nc(-c4cccc(-c5ccccc5)c4)nc(-c4cccc5c4Cc4c(-c6ccccc6)cccc4-5)n3)c2)cc1. The third-order valence-corrected chi connectivity index (χ3v) is 9.41. The average molecular weight is 626 g/mol. The number of benzene rings is 7. The minimum Gasteiger partial charge on any atom is -0.208 e. The highest BCUT2D eigenvalue weighted by Gasteiger charge is 2.26. The van der Waals surface area contributed by atoms with Gasteiger partial charge in [-0.1, -0.05) is 164 Å². The molecule has 0 bridgehead atoms. The Hall–Kier alpha value is -6.45. The highest BCUT2D eigenvalue weighted by atomic mass is 15.0. The Morgan fingerprint density at radius 3 is 1.16 bits per heavy atom. The van der Waals surface area contributed by atoms with E-state index < -0.39 is 0 Å². The third-order valence-electron chi connectivity index (χ3n) is 9.41. The van der Waals surface area contributed by atoms with Gasteiger partial charge < -0.3 is 0 Å². The first kappa shape index (κ1) is 28.7. The largest absolute Gasteiger partial charge is 0.208 e. The molecule has 0 aliphatic heterocycles. The second-order valence-electron chi connectivity index (χ2n) is 12.4. The van der Waals surface area contributed by atoms with Crippen LogP contribution >= 0.6 is 0 Å². The van der Waals surface area contributed by atoms with E-state index in [2.05, 4.69) is 164 Å². The van der Waals surface area contributed by atoms with Crippen molar-refractivity contribution in [1.29, 1.82) is 0 Å². The van der Waals surface area contributed by atoms with E-state index in [9.17, 15) is 0 Å². The van der Waals surface area contributed by atoms with Crippen molar-refractivity contribution in [2.45, 2.75) is 6.42 Å². The maximum Gasteiger partial charge on any atom is 0.164 e. The normalized spacial score (nSPS) is 11.6. The topological polar surface area (TPSA) is 38.7 Å². The van der Waals surface area contributed by atoms with E-state index in [1.54, 1.807) is 0 Å². The number of nitrogens with zero attached hydrogens (tertiary/aromatic N) is 3. The quantitative estimate of drug-likeness (QED) is 0.185. The van der Waals surface area contributed by atoms with Crippen LogP contribution in [0.1, 0.15) is 11.1 Å². The summed E-state index contributed by atoms with van der Waals surface area (Å²) >= 11 is 0. The van der Waals surface area contributed by atoms with Crippen LogP contribution in [0.5, 0.6) is 0 Å². The summed E-state index contributed by atoms with van der Waals surface area (Å²) in [6, 6.07) is 61.7. The van der Waals surface area contributed by atoms with E-state index in [-0.39, 0.29) is 0 Å². The summed E-state index contributed by atoms with van der Waals surface area (Å²) in [4.78, 5) is 15.6. The zero-order valence-electron chi connectivity index (χ0n) is 26.8. The standard InChI is InChI=1S/C46H31N3/c1-4-14-31(15-5-1)34-20-10-22-36(28-34)44-47-45(37-23-11-21-35(29-37)32-16-6-2-7-17-32)49-46(48-44)41-27-13-26-40-39-25-12-24-38(42(39)30-43(40)41)33-18-8-3-9-19-33/h1-29H,30H2. The van der Waals surface area contributed by atoms with E-state index in [0.29, 0.717) is 17.5 Å². The molecule has 230 valence electrons. The molecule has 0 unspecified atom stereocenters. The van der Waals surface area contributed by atoms with Gasteiger partial charge in [0.25, 0.3) is 0 Å². The second kappa shape index (κ2) is 12.3. The molecule has 0 saturated heterocycles. The van der Waals surface area contributed by atoms with E-state index in [4.69, 9.17) is 15.0 Å². The fourth-order valence-electron chi connectivity index (χ4n) is 7.03. The van der Waals surface area contributed by atoms with Crippen LogP contribution in [0.4, 0.5) is 0 Å². The highest BCUT2D eigenvalue weighted by molar-refractivity contribution is 5.89. The Bertz CT molecular complexity index is 2350. The zero-order valence-corrected chi connectivity index (χ0v) is 26.8. The summed E-state index contributed by atoms with van der Waals surface area (Å²) in [7, 11) is 0. The number of rotatable bonds is 6. The maximum atomic E-state index is 5.21. The molecular formula is C46H31N3. The van der Waals surface area contributed by atoms with Gasteiger partial charge in [0, 0.05) is 23.1 Å². The Balaban J connectivity index is 1.21. The van der Waals surface area contributed by atoms with Crippen molar-refractivity contribution < 1.29 is 0 Å². The van der Waals surface area contributed by atoms with Gasteiger partial charge >= 0.3 is 0 Å². The number of fused-ring (bicyclic) bond motifs is 3. The molecule has 0 amide bonds. The van der Waals surface area contributed by atoms with Gasteiger partial charge in [-0.25, -0.2) is 15.0 Å². The molecule has 3 nitrogen and oxygen atoms in total. The monoisotopic (exact) mass is 625 g/mol. The van der Waals surface area contributed by atoms with Gasteiger partial charge in [0.05, 0.1) is 0 Å². The second-order valence-corrected chi connectivity index (χ2v) is 12.4. The lowest BCUT2D eigenvalue weighted by molar-refractivity contribution is 1.07. The first-order chi connectivity index (χ1) is 24.3. The lowest BCUT2D eigenvalue weighted by atomic mass is 9.96. The van der Waals surface area contributed by atoms with Gasteiger partial charge in [-0.15, -0.1) is 0 Å². The molecule has 3 heteroatoms. The molecule has 0 radical (unpaired) electrons. The van der Waals surface area contributed by atoms with E-state index in [1.165, 1.54) is 33.4 Å². The molecule has 7 aromatic carbocycles. The lowest BCUT2D eigenvalue weighted by Gasteiger charge is -2.12. The summed E-state index contributed by atoms with van der Waals surface area (Å²) in [5, 5.41) is 0. The van der Waals surface area contributed by atoms with E-state index >= 15 is 0 Å². The fourth-order valence-corrected chi connectivity index (χ4v) is 7.03. The van der Waals surface area contributed by atoms with Crippen molar-refractivity contribution in [2.75, 3.05) is 0 Å². The van der Waals surface area contributed by atoms with Crippen LogP contribution in [0.15, 0.2) is 176 Å². The van der Waals surface area contributed by atoms with Crippen LogP contribution in [-0.2, 0) is 6.42 Å². The first-order valence-electron chi connectivity index (χ1n) is 16.7. The van der Waals surface area contributed by atoms with Crippen molar-refractivity contribution in [3.8, 4) is 78.7 Å². The van der Waals surface area contributed by atoms with Gasteiger partial charge in [0.1, 0.15) is 0 Å². The molecule has 0 saturated carbocycles. The van der Waals surface area contributed by atoms with Crippen LogP contribution < -0.4 is 0 Å². The van der Waals surface area contributed by atoms with Crippen LogP contribution in [0, 0.1) is 0 Å². The van der Waals surface area contributed by atoms with Crippen LogP contribution in [0.3, 0.4) is 0 Å². The van der Waals surface area contributed by atoms with Crippen LogP contribution in [-0.4, -0.2) is 15.0 Å². The highest BCUT2D eigenvalue weighted by Crippen LogP contribution is 2.45. The summed E-state index contributed by atoms with van der Waals surface area (Å²) in [5.74, 6) is 1.99. The molecule has 0 fully saturated rings. The van der Waals surface area contributed by atoms with Crippen molar-refractivity contribution in [2.24, 2.45) is 0 Å². The molecule has 0 atom stereocenters.